The van der Waals surface area contributed by atoms with E-state index in [2.05, 4.69) is 15.6 Å². The predicted molar refractivity (Wildman–Crippen MR) is 111 cm³/mol. The van der Waals surface area contributed by atoms with E-state index in [4.69, 9.17) is 18.6 Å². The van der Waals surface area contributed by atoms with E-state index in [1.807, 2.05) is 12.1 Å². The van der Waals surface area contributed by atoms with Crippen LogP contribution >= 0.6 is 0 Å². The lowest BCUT2D eigenvalue weighted by Gasteiger charge is -2.17. The molecule has 29 heavy (non-hydrogen) atoms. The zero-order valence-corrected chi connectivity index (χ0v) is 17.4. The van der Waals surface area contributed by atoms with Crippen LogP contribution in [-0.4, -0.2) is 65.3 Å². The monoisotopic (exact) mass is 404 g/mol. The molecule has 0 aliphatic rings. The van der Waals surface area contributed by atoms with E-state index in [9.17, 15) is 4.79 Å². The van der Waals surface area contributed by atoms with Crippen molar-refractivity contribution in [2.45, 2.75) is 6.42 Å². The average Bonchev–Trinajstić information content (AvgIpc) is 3.24. The Kier molecular flexibility index (Phi) is 8.20. The number of methoxy groups -OCH3 is 3. The summed E-state index contributed by atoms with van der Waals surface area (Å²) in [6.07, 6.45) is 2.30. The van der Waals surface area contributed by atoms with E-state index in [1.54, 1.807) is 53.8 Å². The van der Waals surface area contributed by atoms with Gasteiger partial charge in [-0.25, -0.2) is 4.99 Å². The summed E-state index contributed by atoms with van der Waals surface area (Å²) in [5, 5.41) is 6.38. The Morgan fingerprint density at radius 1 is 1.14 bits per heavy atom. The largest absolute Gasteiger partial charge is 0.493 e. The van der Waals surface area contributed by atoms with Crippen LogP contribution in [0.15, 0.2) is 39.9 Å². The standard InChI is InChI=1S/C20H28N4O5/c1-24(2)18(25)13-22-20(21-9-8-15-7-6-10-29-15)23-14-11-16(26-3)19(28-5)17(12-14)27-4/h6-7,10-12H,8-9,13H2,1-5H3,(H2,21,22,23). The number of ether oxygens (including phenoxy) is 3. The molecule has 2 N–H and O–H groups in total. The van der Waals surface area contributed by atoms with Crippen molar-refractivity contribution in [3.63, 3.8) is 0 Å². The van der Waals surface area contributed by atoms with Gasteiger partial charge in [-0.1, -0.05) is 0 Å². The number of benzene rings is 1. The van der Waals surface area contributed by atoms with Crippen molar-refractivity contribution in [1.29, 1.82) is 0 Å². The zero-order chi connectivity index (χ0) is 21.2. The normalized spacial score (nSPS) is 11.0. The number of carbonyl (C=O) groups excluding carboxylic acids is 1. The number of nitrogens with zero attached hydrogens (tertiary/aromatic N) is 2. The highest BCUT2D eigenvalue weighted by atomic mass is 16.5. The number of aliphatic imine (C=N–C) groups is 1. The van der Waals surface area contributed by atoms with E-state index in [1.165, 1.54) is 4.90 Å². The third-order valence-electron chi connectivity index (χ3n) is 4.04. The smallest absolute Gasteiger partial charge is 0.243 e. The lowest BCUT2D eigenvalue weighted by Crippen LogP contribution is -2.34. The molecule has 0 saturated carbocycles. The molecule has 0 bridgehead atoms. The fraction of sp³-hybridized carbons (Fsp3) is 0.400. The van der Waals surface area contributed by atoms with Crippen LogP contribution < -0.4 is 24.8 Å². The van der Waals surface area contributed by atoms with Crippen molar-refractivity contribution in [2.24, 2.45) is 4.99 Å². The van der Waals surface area contributed by atoms with Crippen molar-refractivity contribution in [1.82, 2.24) is 10.2 Å². The number of hydrogen-bond acceptors (Lipinski definition) is 6. The van der Waals surface area contributed by atoms with Crippen LogP contribution in [0.1, 0.15) is 5.76 Å². The minimum Gasteiger partial charge on any atom is -0.493 e. The molecular formula is C20H28N4O5. The highest BCUT2D eigenvalue weighted by Gasteiger charge is 2.14. The molecule has 0 spiro atoms. The molecule has 0 atom stereocenters. The SMILES string of the molecule is COc1cc(NC(=NCC(=O)N(C)C)NCCc2ccco2)cc(OC)c1OC. The van der Waals surface area contributed by atoms with Gasteiger partial charge in [0.2, 0.25) is 11.7 Å². The number of likely N-dealkylation sites (N-methyl/N-ethyl adjacent to an activating group) is 1. The summed E-state index contributed by atoms with van der Waals surface area (Å²) < 4.78 is 21.5. The van der Waals surface area contributed by atoms with Crippen LogP contribution in [0, 0.1) is 0 Å². The molecule has 9 heteroatoms. The molecular weight excluding hydrogens is 376 g/mol. The number of rotatable bonds is 9. The van der Waals surface area contributed by atoms with E-state index in [0.29, 0.717) is 41.9 Å². The summed E-state index contributed by atoms with van der Waals surface area (Å²) in [6.45, 7) is 0.577. The molecule has 2 rings (SSSR count). The molecule has 0 radical (unpaired) electrons. The van der Waals surface area contributed by atoms with E-state index >= 15 is 0 Å². The van der Waals surface area contributed by atoms with Crippen LogP contribution in [-0.2, 0) is 11.2 Å². The molecule has 2 aromatic rings. The maximum Gasteiger partial charge on any atom is 0.243 e. The topological polar surface area (TPSA) is 97.6 Å². The second-order valence-electron chi connectivity index (χ2n) is 6.25. The molecule has 1 amide bonds. The van der Waals surface area contributed by atoms with Crippen molar-refractivity contribution in [3.05, 3.63) is 36.3 Å². The molecule has 0 unspecified atom stereocenters. The molecule has 0 aliphatic carbocycles. The Hall–Kier alpha value is -3.36. The first-order chi connectivity index (χ1) is 14.0. The minimum absolute atomic E-state index is 0.00745. The number of amides is 1. The first-order valence-electron chi connectivity index (χ1n) is 9.06. The van der Waals surface area contributed by atoms with Gasteiger partial charge in [-0.05, 0) is 12.1 Å². The highest BCUT2D eigenvalue weighted by molar-refractivity contribution is 5.95. The van der Waals surface area contributed by atoms with Gasteiger partial charge in [0.1, 0.15) is 12.3 Å². The summed E-state index contributed by atoms with van der Waals surface area (Å²) in [5.74, 6) is 2.70. The van der Waals surface area contributed by atoms with Gasteiger partial charge in [0.15, 0.2) is 17.5 Å². The van der Waals surface area contributed by atoms with Gasteiger partial charge in [0.05, 0.1) is 27.6 Å². The number of hydrogen-bond donors (Lipinski definition) is 2. The number of nitrogens with one attached hydrogen (secondary N) is 2. The van der Waals surface area contributed by atoms with Crippen molar-refractivity contribution < 1.29 is 23.4 Å². The molecule has 9 nitrogen and oxygen atoms in total. The zero-order valence-electron chi connectivity index (χ0n) is 17.4. The van der Waals surface area contributed by atoms with Crippen LogP contribution in [0.2, 0.25) is 0 Å². The molecule has 0 aliphatic heterocycles. The number of guanidine groups is 1. The van der Waals surface area contributed by atoms with Crippen LogP contribution in [0.25, 0.3) is 0 Å². The summed E-state index contributed by atoms with van der Waals surface area (Å²) >= 11 is 0. The minimum atomic E-state index is -0.109. The molecule has 1 aromatic carbocycles. The van der Waals surface area contributed by atoms with Gasteiger partial charge in [-0.2, -0.15) is 0 Å². The number of carbonyl (C=O) groups is 1. The quantitative estimate of drug-likeness (QED) is 0.487. The summed E-state index contributed by atoms with van der Waals surface area (Å²) in [6, 6.07) is 7.27. The van der Waals surface area contributed by atoms with Crippen molar-refractivity contribution >= 4 is 17.6 Å². The van der Waals surface area contributed by atoms with Gasteiger partial charge < -0.3 is 34.2 Å². The average molecular weight is 404 g/mol. The van der Waals surface area contributed by atoms with Crippen molar-refractivity contribution in [2.75, 3.05) is 53.8 Å². The van der Waals surface area contributed by atoms with E-state index < -0.39 is 0 Å². The Bertz CT molecular complexity index is 793. The van der Waals surface area contributed by atoms with Crippen LogP contribution in [0.5, 0.6) is 17.2 Å². The second kappa shape index (κ2) is 10.8. The maximum absolute atomic E-state index is 11.9. The third kappa shape index (κ3) is 6.34. The Labute approximate surface area is 170 Å². The molecule has 0 fully saturated rings. The maximum atomic E-state index is 11.9. The Morgan fingerprint density at radius 2 is 1.83 bits per heavy atom. The summed E-state index contributed by atoms with van der Waals surface area (Å²) in [5.41, 5.74) is 0.668. The lowest BCUT2D eigenvalue weighted by atomic mass is 10.2. The van der Waals surface area contributed by atoms with Crippen LogP contribution in [0.4, 0.5) is 5.69 Å². The fourth-order valence-electron chi connectivity index (χ4n) is 2.48. The summed E-state index contributed by atoms with van der Waals surface area (Å²) in [7, 11) is 8.02. The first-order valence-corrected chi connectivity index (χ1v) is 9.06. The molecule has 158 valence electrons. The van der Waals surface area contributed by atoms with Gasteiger partial charge in [-0.3, -0.25) is 4.79 Å². The predicted octanol–water partition coefficient (Wildman–Crippen LogP) is 1.99. The second-order valence-corrected chi connectivity index (χ2v) is 6.25. The lowest BCUT2D eigenvalue weighted by molar-refractivity contribution is -0.127. The van der Waals surface area contributed by atoms with Gasteiger partial charge >= 0.3 is 0 Å². The Morgan fingerprint density at radius 3 is 2.34 bits per heavy atom. The number of anilines is 1. The van der Waals surface area contributed by atoms with Gasteiger partial charge in [-0.15, -0.1) is 0 Å². The molecule has 1 aromatic heterocycles. The number of furan rings is 1. The van der Waals surface area contributed by atoms with E-state index in [-0.39, 0.29) is 12.5 Å². The Balaban J connectivity index is 2.18. The fourth-order valence-corrected chi connectivity index (χ4v) is 2.48. The first kappa shape index (κ1) is 21.9. The van der Waals surface area contributed by atoms with Crippen LogP contribution in [0.3, 0.4) is 0 Å². The van der Waals surface area contributed by atoms with E-state index in [0.717, 1.165) is 5.76 Å². The van der Waals surface area contributed by atoms with Gasteiger partial charge in [0.25, 0.3) is 0 Å². The highest BCUT2D eigenvalue weighted by Crippen LogP contribution is 2.39. The third-order valence-corrected chi connectivity index (χ3v) is 4.04. The molecule has 0 saturated heterocycles. The van der Waals surface area contributed by atoms with Gasteiger partial charge in [0, 0.05) is 44.9 Å². The summed E-state index contributed by atoms with van der Waals surface area (Å²) in [4.78, 5) is 17.8. The van der Waals surface area contributed by atoms with Crippen molar-refractivity contribution in [3.8, 4) is 17.2 Å². The molecule has 1 heterocycles.